The molecule has 2 aromatic carbocycles. The Kier molecular flexibility index (Phi) is 7.95. The number of carbonyl (C=O) groups excluding carboxylic acids is 1. The number of amides is 1. The molecule has 7 nitrogen and oxygen atoms in total. The number of nitrogens with one attached hydrogen (secondary N) is 1. The van der Waals surface area contributed by atoms with Crippen LogP contribution in [0, 0.1) is 13.8 Å². The molecule has 2 aromatic rings. The van der Waals surface area contributed by atoms with Gasteiger partial charge in [-0.05, 0) is 62.1 Å². The number of rotatable bonds is 9. The fourth-order valence-corrected chi connectivity index (χ4v) is 4.76. The zero-order valence-electron chi connectivity index (χ0n) is 19.2. The number of sulfonamides is 1. The zero-order valence-corrected chi connectivity index (χ0v) is 20.0. The van der Waals surface area contributed by atoms with Crippen LogP contribution in [0.1, 0.15) is 43.0 Å². The third kappa shape index (κ3) is 5.70. The van der Waals surface area contributed by atoms with Gasteiger partial charge < -0.3 is 14.8 Å². The fraction of sp³-hybridized carbons (Fsp3) is 0.435. The second kappa shape index (κ2) is 10.0. The summed E-state index contributed by atoms with van der Waals surface area (Å²) in [6, 6.07) is 9.73. The molecule has 0 aliphatic rings. The number of ether oxygens (including phenoxy) is 2. The average Bonchev–Trinajstić information content (AvgIpc) is 2.71. The van der Waals surface area contributed by atoms with Crippen molar-refractivity contribution in [2.45, 2.75) is 46.2 Å². The minimum absolute atomic E-state index is 0.264. The van der Waals surface area contributed by atoms with Crippen molar-refractivity contribution in [2.24, 2.45) is 0 Å². The van der Waals surface area contributed by atoms with Gasteiger partial charge in [-0.2, -0.15) is 0 Å². The maximum absolute atomic E-state index is 13.2. The van der Waals surface area contributed by atoms with Gasteiger partial charge in [0.1, 0.15) is 17.5 Å². The molecular weight excluding hydrogens is 416 g/mol. The summed E-state index contributed by atoms with van der Waals surface area (Å²) in [4.78, 5) is 13.2. The van der Waals surface area contributed by atoms with Gasteiger partial charge in [0, 0.05) is 0 Å². The Morgan fingerprint density at radius 2 is 1.68 bits per heavy atom. The minimum atomic E-state index is -3.76. The zero-order chi connectivity index (χ0) is 23.3. The van der Waals surface area contributed by atoms with Crippen LogP contribution in [0.4, 0.5) is 5.69 Å². The summed E-state index contributed by atoms with van der Waals surface area (Å²) in [5.74, 6) is 0.760. The van der Waals surface area contributed by atoms with E-state index in [-0.39, 0.29) is 6.04 Å². The van der Waals surface area contributed by atoms with Crippen LogP contribution in [0.5, 0.6) is 11.5 Å². The van der Waals surface area contributed by atoms with Crippen molar-refractivity contribution in [3.8, 4) is 11.5 Å². The Morgan fingerprint density at radius 1 is 1.06 bits per heavy atom. The number of carbonyl (C=O) groups is 1. The molecule has 0 saturated heterocycles. The van der Waals surface area contributed by atoms with E-state index in [9.17, 15) is 13.2 Å². The lowest BCUT2D eigenvalue weighted by Gasteiger charge is -2.31. The number of benzene rings is 2. The van der Waals surface area contributed by atoms with Gasteiger partial charge in [-0.3, -0.25) is 9.10 Å². The van der Waals surface area contributed by atoms with Gasteiger partial charge in [0.25, 0.3) is 0 Å². The van der Waals surface area contributed by atoms with Gasteiger partial charge >= 0.3 is 0 Å². The van der Waals surface area contributed by atoms with Crippen LogP contribution in [0.15, 0.2) is 36.4 Å². The smallest absolute Gasteiger partial charge is 0.244 e. The summed E-state index contributed by atoms with van der Waals surface area (Å²) in [6.07, 6.45) is 1.74. The van der Waals surface area contributed by atoms with Crippen LogP contribution in [-0.2, 0) is 14.8 Å². The second-order valence-electron chi connectivity index (χ2n) is 7.61. The third-order valence-electron chi connectivity index (χ3n) is 5.21. The average molecular weight is 449 g/mol. The van der Waals surface area contributed by atoms with E-state index < -0.39 is 22.0 Å². The van der Waals surface area contributed by atoms with E-state index in [1.54, 1.807) is 26.2 Å². The number of methoxy groups -OCH3 is 2. The minimum Gasteiger partial charge on any atom is -0.496 e. The number of aryl methyl sites for hydroxylation is 2. The van der Waals surface area contributed by atoms with Crippen LogP contribution < -0.4 is 19.1 Å². The molecule has 2 atom stereocenters. The lowest BCUT2D eigenvalue weighted by atomic mass is 10.0. The predicted octanol–water partition coefficient (Wildman–Crippen LogP) is 3.74. The SMILES string of the molecule is CC[C@@H](NC(=O)[C@H](C)N(c1cc(C)ccc1OC)S(C)(=O)=O)c1ccc(OC)c(C)c1. The predicted molar refractivity (Wildman–Crippen MR) is 123 cm³/mol. The Morgan fingerprint density at radius 3 is 2.19 bits per heavy atom. The first-order valence-corrected chi connectivity index (χ1v) is 12.0. The molecule has 0 heterocycles. The van der Waals surface area contributed by atoms with Gasteiger partial charge in [0.2, 0.25) is 15.9 Å². The topological polar surface area (TPSA) is 84.9 Å². The maximum Gasteiger partial charge on any atom is 0.244 e. The van der Waals surface area contributed by atoms with Gasteiger partial charge in [0.15, 0.2) is 0 Å². The van der Waals surface area contributed by atoms with E-state index in [1.807, 2.05) is 45.0 Å². The molecule has 31 heavy (non-hydrogen) atoms. The van der Waals surface area contributed by atoms with Crippen molar-refractivity contribution in [1.29, 1.82) is 0 Å². The second-order valence-corrected chi connectivity index (χ2v) is 9.47. The highest BCUT2D eigenvalue weighted by Gasteiger charge is 2.32. The summed E-state index contributed by atoms with van der Waals surface area (Å²) in [5, 5.41) is 3.00. The highest BCUT2D eigenvalue weighted by molar-refractivity contribution is 7.92. The molecule has 0 fully saturated rings. The van der Waals surface area contributed by atoms with Crippen LogP contribution in [0.25, 0.3) is 0 Å². The Labute approximate surface area is 185 Å². The molecule has 0 bridgehead atoms. The van der Waals surface area contributed by atoms with E-state index in [0.717, 1.165) is 33.0 Å². The van der Waals surface area contributed by atoms with Crippen LogP contribution >= 0.6 is 0 Å². The first-order valence-electron chi connectivity index (χ1n) is 10.1. The van der Waals surface area contributed by atoms with E-state index >= 15 is 0 Å². The molecule has 0 unspecified atom stereocenters. The molecule has 0 saturated carbocycles. The Bertz CT molecular complexity index is 1040. The van der Waals surface area contributed by atoms with Crippen molar-refractivity contribution in [3.05, 3.63) is 53.1 Å². The van der Waals surface area contributed by atoms with Crippen LogP contribution in [-0.4, -0.2) is 40.8 Å². The van der Waals surface area contributed by atoms with Crippen LogP contribution in [0.2, 0.25) is 0 Å². The third-order valence-corrected chi connectivity index (χ3v) is 6.43. The standard InChI is InChI=1S/C23H32N2O5S/c1-8-19(18-10-12-21(29-5)16(3)14-18)24-23(26)17(4)25(31(7,27)28)20-13-15(2)9-11-22(20)30-6/h9-14,17,19H,8H2,1-7H3,(H,24,26)/t17-,19+/m0/s1. The molecule has 0 radical (unpaired) electrons. The van der Waals surface area contributed by atoms with E-state index in [4.69, 9.17) is 9.47 Å². The Hall–Kier alpha value is -2.74. The van der Waals surface area contributed by atoms with Gasteiger partial charge in [-0.15, -0.1) is 0 Å². The molecule has 170 valence electrons. The molecule has 0 spiro atoms. The normalized spacial score (nSPS) is 13.3. The Balaban J connectivity index is 2.37. The summed E-state index contributed by atoms with van der Waals surface area (Å²) in [7, 11) is -0.675. The number of hydrogen-bond acceptors (Lipinski definition) is 5. The highest BCUT2D eigenvalue weighted by Crippen LogP contribution is 2.33. The monoisotopic (exact) mass is 448 g/mol. The highest BCUT2D eigenvalue weighted by atomic mass is 32.2. The number of hydrogen-bond donors (Lipinski definition) is 1. The van der Waals surface area contributed by atoms with E-state index in [0.29, 0.717) is 17.9 Å². The van der Waals surface area contributed by atoms with Gasteiger partial charge in [-0.1, -0.05) is 25.1 Å². The molecule has 0 aliphatic carbocycles. The molecule has 2 rings (SSSR count). The van der Waals surface area contributed by atoms with Crippen molar-refractivity contribution in [2.75, 3.05) is 24.8 Å². The largest absolute Gasteiger partial charge is 0.496 e. The number of nitrogens with zero attached hydrogens (tertiary/aromatic N) is 1. The summed E-state index contributed by atoms with van der Waals surface area (Å²) in [6.45, 7) is 7.33. The first-order chi connectivity index (χ1) is 14.5. The number of anilines is 1. The van der Waals surface area contributed by atoms with E-state index in [2.05, 4.69) is 5.32 Å². The van der Waals surface area contributed by atoms with Gasteiger partial charge in [0.05, 0.1) is 32.2 Å². The van der Waals surface area contributed by atoms with Gasteiger partial charge in [-0.25, -0.2) is 8.42 Å². The molecule has 1 amide bonds. The quantitative estimate of drug-likeness (QED) is 0.632. The summed E-state index contributed by atoms with van der Waals surface area (Å²) < 4.78 is 37.1. The van der Waals surface area contributed by atoms with Crippen LogP contribution in [0.3, 0.4) is 0 Å². The summed E-state index contributed by atoms with van der Waals surface area (Å²) in [5.41, 5.74) is 3.08. The fourth-order valence-electron chi connectivity index (χ4n) is 3.59. The van der Waals surface area contributed by atoms with Crippen molar-refractivity contribution >= 4 is 21.6 Å². The van der Waals surface area contributed by atoms with Crippen molar-refractivity contribution < 1.29 is 22.7 Å². The molecular formula is C23H32N2O5S. The molecule has 8 heteroatoms. The molecule has 0 aliphatic heterocycles. The lowest BCUT2D eigenvalue weighted by molar-refractivity contribution is -0.122. The maximum atomic E-state index is 13.2. The molecule has 0 aromatic heterocycles. The van der Waals surface area contributed by atoms with Crippen molar-refractivity contribution in [3.63, 3.8) is 0 Å². The first kappa shape index (κ1) is 24.5. The van der Waals surface area contributed by atoms with E-state index in [1.165, 1.54) is 7.11 Å². The molecule has 1 N–H and O–H groups in total. The summed E-state index contributed by atoms with van der Waals surface area (Å²) >= 11 is 0. The lowest BCUT2D eigenvalue weighted by Crippen LogP contribution is -2.48. The van der Waals surface area contributed by atoms with Crippen molar-refractivity contribution in [1.82, 2.24) is 5.32 Å².